The van der Waals surface area contributed by atoms with Crippen LogP contribution in [0.25, 0.3) is 77.3 Å². The Morgan fingerprint density at radius 2 is 0.660 bits per heavy atom. The van der Waals surface area contributed by atoms with Crippen LogP contribution in [0.3, 0.4) is 0 Å². The van der Waals surface area contributed by atoms with Gasteiger partial charge in [-0.15, -0.1) is 0 Å². The normalized spacial score (nSPS) is 11.8. The molecule has 0 atom stereocenters. The summed E-state index contributed by atoms with van der Waals surface area (Å²) in [7, 11) is 0. The van der Waals surface area contributed by atoms with Crippen LogP contribution in [-0.2, 0) is 0 Å². The summed E-state index contributed by atoms with van der Waals surface area (Å²) in [5.41, 5.74) is 6.98. The van der Waals surface area contributed by atoms with Gasteiger partial charge in [-0.25, -0.2) is 9.36 Å². The fraction of sp³-hybridized carbons (Fsp3) is 0. The monoisotopic (exact) mass is 644 g/mol. The SMILES string of the molecule is O=c1c2ccccc2n(-c2ccc3c4ccccc4n(-c4ccccc4)c3c2)c(=O)n1-c1ccc2c3ccccc3n(-c3ccccc3)c2c1. The largest absolute Gasteiger partial charge is 0.340 e. The summed E-state index contributed by atoms with van der Waals surface area (Å²) in [6, 6.07) is 56.3. The van der Waals surface area contributed by atoms with E-state index < -0.39 is 5.69 Å². The molecule has 3 heterocycles. The molecule has 0 bridgehead atoms. The van der Waals surface area contributed by atoms with E-state index in [0.29, 0.717) is 22.3 Å². The first-order valence-corrected chi connectivity index (χ1v) is 16.6. The van der Waals surface area contributed by atoms with Crippen LogP contribution in [0.4, 0.5) is 0 Å². The van der Waals surface area contributed by atoms with E-state index in [9.17, 15) is 9.59 Å². The van der Waals surface area contributed by atoms with Crippen LogP contribution in [0, 0.1) is 0 Å². The number of hydrogen-bond donors (Lipinski definition) is 0. The van der Waals surface area contributed by atoms with E-state index in [-0.39, 0.29) is 5.56 Å². The number of aromatic nitrogens is 4. The highest BCUT2D eigenvalue weighted by Gasteiger charge is 2.20. The molecule has 6 heteroatoms. The van der Waals surface area contributed by atoms with Crippen molar-refractivity contribution in [2.45, 2.75) is 0 Å². The molecule has 0 N–H and O–H groups in total. The number of fused-ring (bicyclic) bond motifs is 7. The van der Waals surface area contributed by atoms with Crippen LogP contribution in [0.15, 0.2) is 179 Å². The molecule has 0 spiro atoms. The van der Waals surface area contributed by atoms with Gasteiger partial charge >= 0.3 is 5.69 Å². The highest BCUT2D eigenvalue weighted by atomic mass is 16.2. The topological polar surface area (TPSA) is 53.9 Å². The van der Waals surface area contributed by atoms with Crippen molar-refractivity contribution in [3.63, 3.8) is 0 Å². The second-order valence-electron chi connectivity index (χ2n) is 12.6. The Labute approximate surface area is 285 Å². The molecule has 0 radical (unpaired) electrons. The Bertz CT molecular complexity index is 3080. The van der Waals surface area contributed by atoms with Crippen molar-refractivity contribution in [3.8, 4) is 22.7 Å². The average molecular weight is 645 g/mol. The van der Waals surface area contributed by atoms with Crippen molar-refractivity contribution in [2.24, 2.45) is 0 Å². The van der Waals surface area contributed by atoms with Crippen LogP contribution in [-0.4, -0.2) is 18.3 Å². The van der Waals surface area contributed by atoms with E-state index >= 15 is 0 Å². The lowest BCUT2D eigenvalue weighted by molar-refractivity contribution is 0.835. The van der Waals surface area contributed by atoms with Gasteiger partial charge in [0.15, 0.2) is 0 Å². The summed E-state index contributed by atoms with van der Waals surface area (Å²) >= 11 is 0. The first-order chi connectivity index (χ1) is 24.7. The van der Waals surface area contributed by atoms with Crippen LogP contribution in [0.5, 0.6) is 0 Å². The molecule has 7 aromatic carbocycles. The number of benzene rings is 7. The number of hydrogen-bond acceptors (Lipinski definition) is 2. The molecule has 0 aliphatic heterocycles. The molecule has 0 saturated carbocycles. The van der Waals surface area contributed by atoms with Gasteiger partial charge < -0.3 is 9.13 Å². The first kappa shape index (κ1) is 28.1. The summed E-state index contributed by atoms with van der Waals surface area (Å²) in [5.74, 6) is 0. The zero-order valence-corrected chi connectivity index (χ0v) is 26.8. The van der Waals surface area contributed by atoms with Gasteiger partial charge in [-0.1, -0.05) is 97.1 Å². The molecule has 0 saturated heterocycles. The molecule has 0 unspecified atom stereocenters. The van der Waals surface area contributed by atoms with Gasteiger partial charge in [0.05, 0.1) is 44.3 Å². The molecular weight excluding hydrogens is 617 g/mol. The van der Waals surface area contributed by atoms with Gasteiger partial charge in [-0.3, -0.25) is 9.36 Å². The van der Waals surface area contributed by atoms with Crippen molar-refractivity contribution in [3.05, 3.63) is 191 Å². The highest BCUT2D eigenvalue weighted by molar-refractivity contribution is 6.11. The zero-order chi connectivity index (χ0) is 33.3. The van der Waals surface area contributed by atoms with E-state index in [1.165, 1.54) is 4.57 Å². The molecule has 10 aromatic rings. The Morgan fingerprint density at radius 1 is 0.280 bits per heavy atom. The lowest BCUT2D eigenvalue weighted by Crippen LogP contribution is -2.38. The number of para-hydroxylation sites is 5. The van der Waals surface area contributed by atoms with Crippen molar-refractivity contribution in [1.82, 2.24) is 18.3 Å². The minimum absolute atomic E-state index is 0.358. The van der Waals surface area contributed by atoms with Crippen LogP contribution >= 0.6 is 0 Å². The molecular formula is C44H28N4O2. The summed E-state index contributed by atoms with van der Waals surface area (Å²) in [6.07, 6.45) is 0. The second-order valence-corrected chi connectivity index (χ2v) is 12.6. The van der Waals surface area contributed by atoms with Crippen molar-refractivity contribution < 1.29 is 0 Å². The summed E-state index contributed by atoms with van der Waals surface area (Å²) in [6.45, 7) is 0. The summed E-state index contributed by atoms with van der Waals surface area (Å²) in [5, 5.41) is 4.81. The molecule has 236 valence electrons. The Morgan fingerprint density at radius 3 is 1.16 bits per heavy atom. The number of nitrogens with zero attached hydrogens (tertiary/aromatic N) is 4. The molecule has 3 aromatic heterocycles. The van der Waals surface area contributed by atoms with Gasteiger partial charge in [0, 0.05) is 32.9 Å². The van der Waals surface area contributed by atoms with E-state index in [1.54, 1.807) is 10.6 Å². The fourth-order valence-corrected chi connectivity index (χ4v) is 7.64. The maximum absolute atomic E-state index is 14.8. The van der Waals surface area contributed by atoms with E-state index in [2.05, 4.69) is 69.8 Å². The van der Waals surface area contributed by atoms with Gasteiger partial charge in [0.2, 0.25) is 0 Å². The van der Waals surface area contributed by atoms with Gasteiger partial charge in [0.25, 0.3) is 5.56 Å². The predicted octanol–water partition coefficient (Wildman–Crippen LogP) is 9.34. The minimum Gasteiger partial charge on any atom is -0.309 e. The van der Waals surface area contributed by atoms with Crippen molar-refractivity contribution in [1.29, 1.82) is 0 Å². The Hall–Kier alpha value is -6.92. The van der Waals surface area contributed by atoms with E-state index in [4.69, 9.17) is 0 Å². The molecule has 0 aliphatic rings. The molecule has 0 aliphatic carbocycles. The molecule has 50 heavy (non-hydrogen) atoms. The maximum Gasteiger partial charge on any atom is 0.340 e. The minimum atomic E-state index is -0.433. The summed E-state index contributed by atoms with van der Waals surface area (Å²) in [4.78, 5) is 29.1. The van der Waals surface area contributed by atoms with Crippen LogP contribution in [0.2, 0.25) is 0 Å². The van der Waals surface area contributed by atoms with Crippen molar-refractivity contribution >= 4 is 54.5 Å². The second kappa shape index (κ2) is 10.8. The van der Waals surface area contributed by atoms with Crippen LogP contribution < -0.4 is 11.2 Å². The third-order valence-corrected chi connectivity index (χ3v) is 9.82. The zero-order valence-electron chi connectivity index (χ0n) is 26.8. The molecule has 6 nitrogen and oxygen atoms in total. The Balaban J connectivity index is 1.27. The van der Waals surface area contributed by atoms with E-state index in [0.717, 1.165) is 55.0 Å². The lowest BCUT2D eigenvalue weighted by Gasteiger charge is -2.16. The molecule has 0 amide bonds. The van der Waals surface area contributed by atoms with Crippen LogP contribution in [0.1, 0.15) is 0 Å². The molecule has 10 rings (SSSR count). The quantitative estimate of drug-likeness (QED) is 0.192. The third-order valence-electron chi connectivity index (χ3n) is 9.82. The first-order valence-electron chi connectivity index (χ1n) is 16.6. The predicted molar refractivity (Wildman–Crippen MR) is 204 cm³/mol. The fourth-order valence-electron chi connectivity index (χ4n) is 7.64. The third kappa shape index (κ3) is 4.02. The van der Waals surface area contributed by atoms with Gasteiger partial charge in [-0.05, 0) is 72.8 Å². The maximum atomic E-state index is 14.8. The molecule has 0 fully saturated rings. The Kier molecular flexibility index (Phi) is 6.08. The standard InChI is InChI=1S/C44H28N4O2/c49-43-37-19-9-12-22-40(37)47(31-23-25-35-33-17-7-10-20-38(33)45(41(35)27-31)29-13-3-1-4-14-29)44(50)48(43)32-24-26-36-34-18-8-11-21-39(34)46(42(36)28-32)30-15-5-2-6-16-30/h1-28H. The summed E-state index contributed by atoms with van der Waals surface area (Å²) < 4.78 is 7.40. The van der Waals surface area contributed by atoms with Gasteiger partial charge in [0.1, 0.15) is 0 Å². The highest BCUT2D eigenvalue weighted by Crippen LogP contribution is 2.35. The van der Waals surface area contributed by atoms with Gasteiger partial charge in [-0.2, -0.15) is 0 Å². The lowest BCUT2D eigenvalue weighted by atomic mass is 10.1. The average Bonchev–Trinajstić information content (AvgIpc) is 3.68. The van der Waals surface area contributed by atoms with Crippen molar-refractivity contribution in [2.75, 3.05) is 0 Å². The van der Waals surface area contributed by atoms with E-state index in [1.807, 2.05) is 103 Å². The smallest absolute Gasteiger partial charge is 0.309 e. The number of rotatable bonds is 4.